The van der Waals surface area contributed by atoms with Crippen LogP contribution in [0.4, 0.5) is 13.2 Å². The summed E-state index contributed by atoms with van der Waals surface area (Å²) in [7, 11) is 0. The first-order valence-corrected chi connectivity index (χ1v) is 3.50. The Hall–Kier alpha value is -1.73. The fraction of sp³-hybridized carbons (Fsp3) is 0.333. The Morgan fingerprint density at radius 3 is 2.79 bits per heavy atom. The number of halogens is 3. The zero-order valence-corrected chi connectivity index (χ0v) is 6.86. The highest BCUT2D eigenvalue weighted by Crippen LogP contribution is 2.23. The van der Waals surface area contributed by atoms with Crippen molar-refractivity contribution in [1.29, 1.82) is 0 Å². The molecule has 0 aliphatic rings. The summed E-state index contributed by atoms with van der Waals surface area (Å²) in [6, 6.07) is 0. The van der Waals surface area contributed by atoms with E-state index in [0.717, 1.165) is 6.20 Å². The van der Waals surface area contributed by atoms with Crippen molar-refractivity contribution in [2.75, 3.05) is 0 Å². The van der Waals surface area contributed by atoms with Gasteiger partial charge in [-0.2, -0.15) is 0 Å². The van der Waals surface area contributed by atoms with Gasteiger partial charge < -0.3 is 10.9 Å². The molecule has 0 amide bonds. The van der Waals surface area contributed by atoms with Gasteiger partial charge in [0.05, 0.1) is 12.1 Å². The summed E-state index contributed by atoms with van der Waals surface area (Å²) in [6.07, 6.45) is -3.22. The average molecular weight is 208 g/mol. The number of alkyl halides is 3. The molecule has 0 saturated heterocycles. The summed E-state index contributed by atoms with van der Waals surface area (Å²) in [5.41, 5.74) is 4.88. The second-order valence-corrected chi connectivity index (χ2v) is 2.49. The molecule has 1 heterocycles. The topological polar surface area (TPSA) is 76.4 Å². The van der Waals surface area contributed by atoms with Crippen LogP contribution in [0.5, 0.6) is 0 Å². The van der Waals surface area contributed by atoms with Crippen molar-refractivity contribution < 1.29 is 18.4 Å². The average Bonchev–Trinajstić information content (AvgIpc) is 2.51. The van der Waals surface area contributed by atoms with Gasteiger partial charge in [-0.05, 0) is 0 Å². The van der Waals surface area contributed by atoms with Crippen LogP contribution in [-0.2, 0) is 12.7 Å². The van der Waals surface area contributed by atoms with Gasteiger partial charge in [-0.25, -0.2) is 9.55 Å². The molecule has 1 rings (SSSR count). The van der Waals surface area contributed by atoms with E-state index in [1.54, 1.807) is 0 Å². The standard InChI is InChI=1S/C6H7F3N4O/c7-6(8,9)13-3-11-2-4(13)1-5(10)12-14/h2-3,14H,1H2,(H2,10,12). The molecule has 78 valence electrons. The molecule has 3 N–H and O–H groups in total. The van der Waals surface area contributed by atoms with E-state index < -0.39 is 6.30 Å². The van der Waals surface area contributed by atoms with Crippen molar-refractivity contribution in [2.45, 2.75) is 12.7 Å². The molecule has 1 aromatic rings. The monoisotopic (exact) mass is 208 g/mol. The predicted molar refractivity (Wildman–Crippen MR) is 40.6 cm³/mol. The number of aromatic nitrogens is 2. The lowest BCUT2D eigenvalue weighted by atomic mass is 10.3. The van der Waals surface area contributed by atoms with Gasteiger partial charge in [0.1, 0.15) is 12.2 Å². The van der Waals surface area contributed by atoms with Gasteiger partial charge in [0.25, 0.3) is 0 Å². The second-order valence-electron chi connectivity index (χ2n) is 2.49. The number of rotatable bonds is 2. The highest BCUT2D eigenvalue weighted by Gasteiger charge is 2.32. The smallest absolute Gasteiger partial charge is 0.409 e. The fourth-order valence-electron chi connectivity index (χ4n) is 0.902. The van der Waals surface area contributed by atoms with Gasteiger partial charge in [-0.3, -0.25) is 0 Å². The Balaban J connectivity index is 2.94. The maximum atomic E-state index is 12.2. The van der Waals surface area contributed by atoms with E-state index in [9.17, 15) is 13.2 Å². The predicted octanol–water partition coefficient (Wildman–Crippen LogP) is 0.648. The van der Waals surface area contributed by atoms with Gasteiger partial charge in [-0.15, -0.1) is 13.2 Å². The first-order chi connectivity index (χ1) is 6.45. The van der Waals surface area contributed by atoms with Gasteiger partial charge in [0.15, 0.2) is 0 Å². The number of nitrogens with two attached hydrogens (primary N) is 1. The minimum atomic E-state index is -4.54. The Morgan fingerprint density at radius 2 is 2.29 bits per heavy atom. The second kappa shape index (κ2) is 3.56. The zero-order valence-electron chi connectivity index (χ0n) is 6.86. The molecule has 0 saturated carbocycles. The van der Waals surface area contributed by atoms with Crippen LogP contribution >= 0.6 is 0 Å². The SMILES string of the molecule is N/C(Cc1cncn1C(F)(F)F)=N\O. The maximum absolute atomic E-state index is 12.2. The van der Waals surface area contributed by atoms with Crippen LogP contribution in [0.25, 0.3) is 0 Å². The van der Waals surface area contributed by atoms with E-state index in [0.29, 0.717) is 6.33 Å². The van der Waals surface area contributed by atoms with E-state index >= 15 is 0 Å². The van der Waals surface area contributed by atoms with Crippen molar-refractivity contribution in [2.24, 2.45) is 10.9 Å². The fourth-order valence-corrected chi connectivity index (χ4v) is 0.902. The van der Waals surface area contributed by atoms with Crippen molar-refractivity contribution in [3.05, 3.63) is 18.2 Å². The molecule has 8 heteroatoms. The molecule has 0 fully saturated rings. The summed E-state index contributed by atoms with van der Waals surface area (Å²) >= 11 is 0. The first kappa shape index (κ1) is 10.4. The molecular formula is C6H7F3N4O. The van der Waals surface area contributed by atoms with Crippen LogP contribution in [0.1, 0.15) is 5.69 Å². The van der Waals surface area contributed by atoms with Crippen LogP contribution in [0.3, 0.4) is 0 Å². The highest BCUT2D eigenvalue weighted by molar-refractivity contribution is 5.81. The molecule has 0 aromatic carbocycles. The van der Waals surface area contributed by atoms with Crippen LogP contribution in [0, 0.1) is 0 Å². The maximum Gasteiger partial charge on any atom is 0.489 e. The number of amidine groups is 1. The quantitative estimate of drug-likeness (QED) is 0.324. The van der Waals surface area contributed by atoms with Gasteiger partial charge in [-0.1, -0.05) is 5.16 Å². The summed E-state index contributed by atoms with van der Waals surface area (Å²) in [6.45, 7) is 0. The zero-order chi connectivity index (χ0) is 10.8. The lowest BCUT2D eigenvalue weighted by Gasteiger charge is -2.10. The third-order valence-electron chi connectivity index (χ3n) is 1.48. The number of hydrogen-bond acceptors (Lipinski definition) is 3. The lowest BCUT2D eigenvalue weighted by Crippen LogP contribution is -2.22. The van der Waals surface area contributed by atoms with Crippen LogP contribution in [-0.4, -0.2) is 20.6 Å². The first-order valence-electron chi connectivity index (χ1n) is 3.50. The van der Waals surface area contributed by atoms with Crippen LogP contribution in [0.15, 0.2) is 17.7 Å². The molecule has 0 bridgehead atoms. The molecule has 1 aromatic heterocycles. The van der Waals surface area contributed by atoms with Gasteiger partial charge in [0.2, 0.25) is 0 Å². The van der Waals surface area contributed by atoms with Crippen molar-refractivity contribution in [3.63, 3.8) is 0 Å². The molecule has 0 radical (unpaired) electrons. The van der Waals surface area contributed by atoms with Crippen molar-refractivity contribution >= 4 is 5.84 Å². The van der Waals surface area contributed by atoms with Crippen molar-refractivity contribution in [1.82, 2.24) is 9.55 Å². The molecule has 0 aliphatic heterocycles. The summed E-state index contributed by atoms with van der Waals surface area (Å²) in [5.74, 6) is -0.309. The Bertz CT molecular complexity index is 343. The lowest BCUT2D eigenvalue weighted by molar-refractivity contribution is -0.205. The molecular weight excluding hydrogens is 201 g/mol. The number of oxime groups is 1. The normalized spacial score (nSPS) is 13.2. The van der Waals surface area contributed by atoms with Gasteiger partial charge >= 0.3 is 6.30 Å². The summed E-state index contributed by atoms with van der Waals surface area (Å²) in [4.78, 5) is 3.33. The van der Waals surface area contributed by atoms with Crippen LogP contribution < -0.4 is 5.73 Å². The van der Waals surface area contributed by atoms with E-state index in [-0.39, 0.29) is 22.5 Å². The van der Waals surface area contributed by atoms with E-state index in [1.165, 1.54) is 0 Å². The summed E-state index contributed by atoms with van der Waals surface area (Å²) < 4.78 is 36.7. The minimum Gasteiger partial charge on any atom is -0.409 e. The van der Waals surface area contributed by atoms with E-state index in [4.69, 9.17) is 10.9 Å². The molecule has 5 nitrogen and oxygen atoms in total. The minimum absolute atomic E-state index is 0.00500. The largest absolute Gasteiger partial charge is 0.489 e. The Morgan fingerprint density at radius 1 is 1.64 bits per heavy atom. The number of nitrogens with zero attached hydrogens (tertiary/aromatic N) is 3. The molecule has 14 heavy (non-hydrogen) atoms. The third-order valence-corrected chi connectivity index (χ3v) is 1.48. The van der Waals surface area contributed by atoms with E-state index in [2.05, 4.69) is 10.1 Å². The molecule has 0 atom stereocenters. The van der Waals surface area contributed by atoms with Crippen molar-refractivity contribution in [3.8, 4) is 0 Å². The highest BCUT2D eigenvalue weighted by atomic mass is 19.4. The molecule has 0 unspecified atom stereocenters. The molecule has 0 aliphatic carbocycles. The molecule has 0 spiro atoms. The third kappa shape index (κ3) is 2.15. The number of hydrogen-bond donors (Lipinski definition) is 2. The number of imidazole rings is 1. The van der Waals surface area contributed by atoms with Crippen LogP contribution in [0.2, 0.25) is 0 Å². The van der Waals surface area contributed by atoms with E-state index in [1.807, 2.05) is 0 Å². The summed E-state index contributed by atoms with van der Waals surface area (Å²) in [5, 5.41) is 10.8. The Labute approximate surface area is 76.6 Å². The Kier molecular flexibility index (Phi) is 2.63. The van der Waals surface area contributed by atoms with Gasteiger partial charge in [0, 0.05) is 6.20 Å².